The molecule has 1 aliphatic heterocycles. The molecule has 0 spiro atoms. The molecule has 156 valence electrons. The Hall–Kier alpha value is -3.05. The zero-order valence-electron chi connectivity index (χ0n) is 17.9. The number of anilines is 2. The van der Waals surface area contributed by atoms with E-state index in [9.17, 15) is 4.79 Å². The van der Waals surface area contributed by atoms with E-state index >= 15 is 0 Å². The number of amides is 1. The van der Waals surface area contributed by atoms with Gasteiger partial charge in [0.1, 0.15) is 11.3 Å². The number of carbonyl (C=O) groups excluding carboxylic acids is 1. The molecule has 5 heteroatoms. The van der Waals surface area contributed by atoms with Crippen LogP contribution in [0, 0.1) is 6.92 Å². The zero-order valence-corrected chi connectivity index (χ0v) is 17.9. The van der Waals surface area contributed by atoms with Crippen molar-refractivity contribution in [1.82, 2.24) is 4.90 Å². The SMILES string of the molecule is CCc1oc2ccccc2c1/C=C/C(=O)Nc1ccc(N2CCN(C)CC2)c(C)c1. The third-order valence-electron chi connectivity index (χ3n) is 5.74. The number of hydrogen-bond donors (Lipinski definition) is 1. The second-order valence-corrected chi connectivity index (χ2v) is 7.90. The first-order chi connectivity index (χ1) is 14.5. The number of aryl methyl sites for hydroxylation is 2. The van der Waals surface area contributed by atoms with E-state index in [-0.39, 0.29) is 5.91 Å². The van der Waals surface area contributed by atoms with Crippen LogP contribution in [-0.2, 0) is 11.2 Å². The summed E-state index contributed by atoms with van der Waals surface area (Å²) in [7, 11) is 2.16. The summed E-state index contributed by atoms with van der Waals surface area (Å²) in [5, 5.41) is 4.02. The van der Waals surface area contributed by atoms with Crippen molar-refractivity contribution in [3.8, 4) is 0 Å². The number of likely N-dealkylation sites (N-methyl/N-ethyl adjacent to an activating group) is 1. The van der Waals surface area contributed by atoms with Gasteiger partial charge >= 0.3 is 0 Å². The molecular formula is C25H29N3O2. The van der Waals surface area contributed by atoms with Gasteiger partial charge in [0, 0.05) is 61.0 Å². The summed E-state index contributed by atoms with van der Waals surface area (Å²) >= 11 is 0. The quantitative estimate of drug-likeness (QED) is 0.627. The summed E-state index contributed by atoms with van der Waals surface area (Å²) in [6.45, 7) is 8.37. The number of rotatable bonds is 5. The minimum Gasteiger partial charge on any atom is -0.460 e. The monoisotopic (exact) mass is 403 g/mol. The van der Waals surface area contributed by atoms with Crippen molar-refractivity contribution in [3.05, 3.63) is 65.4 Å². The van der Waals surface area contributed by atoms with Gasteiger partial charge in [-0.3, -0.25) is 4.79 Å². The van der Waals surface area contributed by atoms with Crippen LogP contribution in [0.2, 0.25) is 0 Å². The second kappa shape index (κ2) is 8.76. The zero-order chi connectivity index (χ0) is 21.1. The van der Waals surface area contributed by atoms with Crippen molar-refractivity contribution in [2.45, 2.75) is 20.3 Å². The van der Waals surface area contributed by atoms with Crippen LogP contribution in [0.3, 0.4) is 0 Å². The van der Waals surface area contributed by atoms with Gasteiger partial charge in [-0.1, -0.05) is 25.1 Å². The molecule has 2 heterocycles. The molecule has 1 saturated heterocycles. The maximum Gasteiger partial charge on any atom is 0.248 e. The van der Waals surface area contributed by atoms with Crippen LogP contribution in [-0.4, -0.2) is 44.0 Å². The second-order valence-electron chi connectivity index (χ2n) is 7.90. The molecule has 1 N–H and O–H groups in total. The predicted molar refractivity (Wildman–Crippen MR) is 124 cm³/mol. The third kappa shape index (κ3) is 4.26. The molecule has 0 radical (unpaired) electrons. The Morgan fingerprint density at radius 2 is 1.90 bits per heavy atom. The van der Waals surface area contributed by atoms with E-state index in [0.717, 1.165) is 60.6 Å². The third-order valence-corrected chi connectivity index (χ3v) is 5.74. The lowest BCUT2D eigenvalue weighted by molar-refractivity contribution is -0.111. The minimum atomic E-state index is -0.144. The van der Waals surface area contributed by atoms with Crippen LogP contribution < -0.4 is 10.2 Å². The Bertz CT molecular complexity index is 1080. The molecule has 1 amide bonds. The lowest BCUT2D eigenvalue weighted by Crippen LogP contribution is -2.44. The van der Waals surface area contributed by atoms with Crippen LogP contribution in [0.4, 0.5) is 11.4 Å². The number of piperazine rings is 1. The maximum atomic E-state index is 12.5. The molecule has 1 aromatic heterocycles. The summed E-state index contributed by atoms with van der Waals surface area (Å²) < 4.78 is 5.90. The van der Waals surface area contributed by atoms with Gasteiger partial charge in [0.2, 0.25) is 5.91 Å². The molecule has 0 atom stereocenters. The van der Waals surface area contributed by atoms with Gasteiger partial charge in [0.15, 0.2) is 0 Å². The molecule has 0 unspecified atom stereocenters. The number of furan rings is 1. The topological polar surface area (TPSA) is 48.7 Å². The smallest absolute Gasteiger partial charge is 0.248 e. The Morgan fingerprint density at radius 1 is 1.13 bits per heavy atom. The number of para-hydroxylation sites is 1. The molecule has 30 heavy (non-hydrogen) atoms. The normalized spacial score (nSPS) is 15.2. The van der Waals surface area contributed by atoms with Crippen molar-refractivity contribution in [2.24, 2.45) is 0 Å². The molecule has 3 aromatic rings. The molecule has 1 fully saturated rings. The van der Waals surface area contributed by atoms with Crippen LogP contribution in [0.15, 0.2) is 53.0 Å². The predicted octanol–water partition coefficient (Wildman–Crippen LogP) is 4.71. The van der Waals surface area contributed by atoms with E-state index in [2.05, 4.69) is 42.1 Å². The Labute approximate surface area is 178 Å². The molecular weight excluding hydrogens is 374 g/mol. The van der Waals surface area contributed by atoms with Crippen molar-refractivity contribution >= 4 is 34.3 Å². The van der Waals surface area contributed by atoms with E-state index in [1.165, 1.54) is 11.3 Å². The van der Waals surface area contributed by atoms with E-state index in [1.54, 1.807) is 6.08 Å². The highest BCUT2D eigenvalue weighted by Crippen LogP contribution is 2.28. The number of hydrogen-bond acceptors (Lipinski definition) is 4. The lowest BCUT2D eigenvalue weighted by atomic mass is 10.1. The summed E-state index contributed by atoms with van der Waals surface area (Å²) in [6, 6.07) is 14.1. The molecule has 4 rings (SSSR count). The number of fused-ring (bicyclic) bond motifs is 1. The fraction of sp³-hybridized carbons (Fsp3) is 0.320. The highest BCUT2D eigenvalue weighted by molar-refractivity contribution is 6.03. The van der Waals surface area contributed by atoms with Gasteiger partial charge in [-0.25, -0.2) is 0 Å². The number of benzene rings is 2. The highest BCUT2D eigenvalue weighted by Gasteiger charge is 2.16. The molecule has 1 aliphatic rings. The van der Waals surface area contributed by atoms with Gasteiger partial charge in [-0.2, -0.15) is 0 Å². The average Bonchev–Trinajstić information content (AvgIpc) is 3.11. The Morgan fingerprint density at radius 3 is 2.63 bits per heavy atom. The van der Waals surface area contributed by atoms with E-state index < -0.39 is 0 Å². The van der Waals surface area contributed by atoms with Crippen LogP contribution in [0.5, 0.6) is 0 Å². The lowest BCUT2D eigenvalue weighted by Gasteiger charge is -2.35. The first-order valence-electron chi connectivity index (χ1n) is 10.6. The molecule has 0 aliphatic carbocycles. The Kier molecular flexibility index (Phi) is 5.91. The summed E-state index contributed by atoms with van der Waals surface area (Å²) in [5.74, 6) is 0.752. The number of nitrogens with zero attached hydrogens (tertiary/aromatic N) is 2. The highest BCUT2D eigenvalue weighted by atomic mass is 16.3. The van der Waals surface area contributed by atoms with Gasteiger partial charge in [0.05, 0.1) is 0 Å². The van der Waals surface area contributed by atoms with E-state index in [4.69, 9.17) is 4.42 Å². The van der Waals surface area contributed by atoms with Crippen molar-refractivity contribution < 1.29 is 9.21 Å². The van der Waals surface area contributed by atoms with Gasteiger partial charge < -0.3 is 19.5 Å². The van der Waals surface area contributed by atoms with Crippen molar-refractivity contribution in [1.29, 1.82) is 0 Å². The van der Waals surface area contributed by atoms with E-state index in [1.807, 2.05) is 42.5 Å². The largest absolute Gasteiger partial charge is 0.460 e. The summed E-state index contributed by atoms with van der Waals surface area (Å²) in [4.78, 5) is 17.3. The maximum absolute atomic E-state index is 12.5. The van der Waals surface area contributed by atoms with Crippen molar-refractivity contribution in [3.63, 3.8) is 0 Å². The molecule has 0 bridgehead atoms. The minimum absolute atomic E-state index is 0.144. The fourth-order valence-electron chi connectivity index (χ4n) is 4.04. The van der Waals surface area contributed by atoms with Gasteiger partial charge in [0.25, 0.3) is 0 Å². The average molecular weight is 404 g/mol. The number of nitrogens with one attached hydrogen (secondary N) is 1. The van der Waals surface area contributed by atoms with Gasteiger partial charge in [-0.05, 0) is 49.9 Å². The van der Waals surface area contributed by atoms with Crippen LogP contribution in [0.1, 0.15) is 23.8 Å². The standard InChI is InChI=1S/C25H29N3O2/c1-4-23-21(20-7-5-6-8-24(20)30-23)10-12-25(29)26-19-9-11-22(18(2)17-19)28-15-13-27(3)14-16-28/h5-12,17H,4,13-16H2,1-3H3,(H,26,29)/b12-10+. The first-order valence-corrected chi connectivity index (χ1v) is 10.6. The van der Waals surface area contributed by atoms with Gasteiger partial charge in [-0.15, -0.1) is 0 Å². The van der Waals surface area contributed by atoms with Crippen LogP contribution >= 0.6 is 0 Å². The van der Waals surface area contributed by atoms with Crippen LogP contribution in [0.25, 0.3) is 17.0 Å². The number of carbonyl (C=O) groups is 1. The molecule has 2 aromatic carbocycles. The fourth-order valence-corrected chi connectivity index (χ4v) is 4.04. The summed E-state index contributed by atoms with van der Waals surface area (Å²) in [6.07, 6.45) is 4.22. The van der Waals surface area contributed by atoms with E-state index in [0.29, 0.717) is 0 Å². The molecule has 0 saturated carbocycles. The van der Waals surface area contributed by atoms with Crippen molar-refractivity contribution in [2.75, 3.05) is 43.4 Å². The molecule has 5 nitrogen and oxygen atoms in total. The summed E-state index contributed by atoms with van der Waals surface area (Å²) in [5.41, 5.74) is 5.06. The Balaban J connectivity index is 1.46. The first kappa shape index (κ1) is 20.2.